The van der Waals surface area contributed by atoms with Crippen LogP contribution < -0.4 is 4.74 Å². The van der Waals surface area contributed by atoms with E-state index >= 15 is 0 Å². The highest BCUT2D eigenvalue weighted by Crippen LogP contribution is 2.21. The largest absolute Gasteiger partial charge is 0.497 e. The minimum atomic E-state index is -0.486. The molecule has 6 nitrogen and oxygen atoms in total. The third kappa shape index (κ3) is 3.06. The number of hydrogen-bond acceptors (Lipinski definition) is 5. The van der Waals surface area contributed by atoms with Gasteiger partial charge in [-0.2, -0.15) is 0 Å². The standard InChI is InChI=1S/C16H21N3O3/c1-18-7-9-19(10-8-18)16(20)15-11-14(17-22-15)12-3-5-13(21-2)6-4-12/h3-6,15H,7-11H2,1-2H3/t15-/m0/s1. The average molecular weight is 303 g/mol. The molecule has 0 unspecified atom stereocenters. The highest BCUT2D eigenvalue weighted by molar-refractivity contribution is 6.04. The van der Waals surface area contributed by atoms with E-state index in [1.807, 2.05) is 29.2 Å². The number of likely N-dealkylation sites (N-methyl/N-ethyl adjacent to an activating group) is 1. The fourth-order valence-corrected chi connectivity index (χ4v) is 2.69. The molecule has 0 spiro atoms. The highest BCUT2D eigenvalue weighted by atomic mass is 16.6. The molecule has 2 aliphatic heterocycles. The van der Waals surface area contributed by atoms with Crippen molar-refractivity contribution in [3.63, 3.8) is 0 Å². The lowest BCUT2D eigenvalue weighted by atomic mass is 10.0. The predicted octanol–water partition coefficient (Wildman–Crippen LogP) is 0.962. The minimum absolute atomic E-state index is 0.0420. The zero-order valence-electron chi connectivity index (χ0n) is 13.0. The molecule has 0 N–H and O–H groups in total. The fourth-order valence-electron chi connectivity index (χ4n) is 2.69. The quantitative estimate of drug-likeness (QED) is 0.835. The number of hydrogen-bond donors (Lipinski definition) is 0. The van der Waals surface area contributed by atoms with Gasteiger partial charge >= 0.3 is 0 Å². The lowest BCUT2D eigenvalue weighted by molar-refractivity contribution is -0.143. The first-order chi connectivity index (χ1) is 10.7. The van der Waals surface area contributed by atoms with Crippen LogP contribution in [0.5, 0.6) is 5.75 Å². The van der Waals surface area contributed by atoms with E-state index in [1.165, 1.54) is 0 Å². The topological polar surface area (TPSA) is 54.4 Å². The first-order valence-corrected chi connectivity index (χ1v) is 7.52. The molecule has 0 saturated carbocycles. The molecular formula is C16H21N3O3. The average Bonchev–Trinajstić information content (AvgIpc) is 3.05. The van der Waals surface area contributed by atoms with Gasteiger partial charge in [-0.25, -0.2) is 0 Å². The van der Waals surface area contributed by atoms with Crippen molar-refractivity contribution in [3.05, 3.63) is 29.8 Å². The summed E-state index contributed by atoms with van der Waals surface area (Å²) in [6.07, 6.45) is 0.0397. The van der Waals surface area contributed by atoms with E-state index < -0.39 is 6.10 Å². The van der Waals surface area contributed by atoms with E-state index in [-0.39, 0.29) is 5.91 Å². The van der Waals surface area contributed by atoms with Crippen molar-refractivity contribution in [2.75, 3.05) is 40.3 Å². The summed E-state index contributed by atoms with van der Waals surface area (Å²) in [4.78, 5) is 21.9. The maximum atomic E-state index is 12.5. The summed E-state index contributed by atoms with van der Waals surface area (Å²) in [6, 6.07) is 7.63. The molecule has 1 atom stereocenters. The second-order valence-electron chi connectivity index (χ2n) is 5.69. The molecule has 1 aromatic rings. The van der Waals surface area contributed by atoms with Crippen LogP contribution in [-0.2, 0) is 9.63 Å². The monoisotopic (exact) mass is 303 g/mol. The van der Waals surface area contributed by atoms with Crippen molar-refractivity contribution >= 4 is 11.6 Å². The van der Waals surface area contributed by atoms with E-state index in [0.29, 0.717) is 6.42 Å². The van der Waals surface area contributed by atoms with Crippen molar-refractivity contribution in [1.82, 2.24) is 9.80 Å². The molecule has 0 bridgehead atoms. The Balaban J connectivity index is 1.59. The Bertz CT molecular complexity index is 563. The van der Waals surface area contributed by atoms with Gasteiger partial charge in [-0.1, -0.05) is 5.16 Å². The van der Waals surface area contributed by atoms with E-state index in [0.717, 1.165) is 43.2 Å². The van der Waals surface area contributed by atoms with Crippen LogP contribution in [0.3, 0.4) is 0 Å². The molecule has 1 saturated heterocycles. The Morgan fingerprint density at radius 2 is 1.91 bits per heavy atom. The Kier molecular flexibility index (Phi) is 4.29. The second kappa shape index (κ2) is 6.36. The maximum absolute atomic E-state index is 12.5. The van der Waals surface area contributed by atoms with Gasteiger partial charge in [0.15, 0.2) is 0 Å². The van der Waals surface area contributed by atoms with Crippen LogP contribution in [0, 0.1) is 0 Å². The Hall–Kier alpha value is -2.08. The lowest BCUT2D eigenvalue weighted by Crippen LogP contribution is -2.50. The molecule has 3 rings (SSSR count). The van der Waals surface area contributed by atoms with Crippen LogP contribution in [0.1, 0.15) is 12.0 Å². The van der Waals surface area contributed by atoms with Crippen LogP contribution in [0.2, 0.25) is 0 Å². The summed E-state index contributed by atoms with van der Waals surface area (Å²) in [6.45, 7) is 3.33. The molecule has 1 fully saturated rings. The maximum Gasteiger partial charge on any atom is 0.266 e. The van der Waals surface area contributed by atoms with Crippen LogP contribution in [0.15, 0.2) is 29.4 Å². The van der Waals surface area contributed by atoms with Crippen molar-refractivity contribution in [2.24, 2.45) is 5.16 Å². The molecule has 118 valence electrons. The highest BCUT2D eigenvalue weighted by Gasteiger charge is 2.33. The second-order valence-corrected chi connectivity index (χ2v) is 5.69. The Morgan fingerprint density at radius 3 is 2.55 bits per heavy atom. The molecule has 0 radical (unpaired) electrons. The van der Waals surface area contributed by atoms with Gasteiger partial charge in [0.1, 0.15) is 5.75 Å². The van der Waals surface area contributed by atoms with Crippen molar-refractivity contribution in [1.29, 1.82) is 0 Å². The lowest BCUT2D eigenvalue weighted by Gasteiger charge is -2.33. The summed E-state index contributed by atoms with van der Waals surface area (Å²) in [5, 5.41) is 4.09. The molecule has 1 aromatic carbocycles. The van der Waals surface area contributed by atoms with E-state index in [1.54, 1.807) is 7.11 Å². The van der Waals surface area contributed by atoms with E-state index in [4.69, 9.17) is 9.57 Å². The van der Waals surface area contributed by atoms with Crippen LogP contribution in [-0.4, -0.2) is 67.9 Å². The third-order valence-electron chi connectivity index (χ3n) is 4.18. The van der Waals surface area contributed by atoms with Gasteiger partial charge in [-0.3, -0.25) is 4.79 Å². The van der Waals surface area contributed by atoms with Gasteiger partial charge in [0.25, 0.3) is 5.91 Å². The van der Waals surface area contributed by atoms with Gasteiger partial charge in [0, 0.05) is 32.6 Å². The number of nitrogens with zero attached hydrogens (tertiary/aromatic N) is 3. The zero-order valence-corrected chi connectivity index (χ0v) is 13.0. The number of oxime groups is 1. The van der Waals surface area contributed by atoms with Crippen molar-refractivity contribution in [2.45, 2.75) is 12.5 Å². The van der Waals surface area contributed by atoms with Crippen molar-refractivity contribution < 1.29 is 14.4 Å². The normalized spacial score (nSPS) is 22.2. The summed E-state index contributed by atoms with van der Waals surface area (Å²) in [5.41, 5.74) is 1.78. The fraction of sp³-hybridized carbons (Fsp3) is 0.500. The molecule has 22 heavy (non-hydrogen) atoms. The first-order valence-electron chi connectivity index (χ1n) is 7.52. The van der Waals surface area contributed by atoms with Gasteiger partial charge in [-0.05, 0) is 36.9 Å². The molecule has 2 aliphatic rings. The van der Waals surface area contributed by atoms with Crippen LogP contribution in [0.25, 0.3) is 0 Å². The summed E-state index contributed by atoms with van der Waals surface area (Å²) in [7, 11) is 3.70. The molecule has 1 amide bonds. The SMILES string of the molecule is COc1ccc(C2=NO[C@H](C(=O)N3CCN(C)CC3)C2)cc1. The number of carbonyl (C=O) groups excluding carboxylic acids is 1. The third-order valence-corrected chi connectivity index (χ3v) is 4.18. The number of benzene rings is 1. The number of ether oxygens (including phenoxy) is 1. The summed E-state index contributed by atoms with van der Waals surface area (Å²) >= 11 is 0. The number of carbonyl (C=O) groups is 1. The smallest absolute Gasteiger partial charge is 0.266 e. The molecule has 6 heteroatoms. The van der Waals surface area contributed by atoms with Crippen LogP contribution >= 0.6 is 0 Å². The zero-order chi connectivity index (χ0) is 15.5. The van der Waals surface area contributed by atoms with Gasteiger partial charge in [0.2, 0.25) is 6.10 Å². The minimum Gasteiger partial charge on any atom is -0.497 e. The molecule has 2 heterocycles. The Labute approximate surface area is 130 Å². The van der Waals surface area contributed by atoms with Crippen molar-refractivity contribution in [3.8, 4) is 5.75 Å². The first kappa shape index (κ1) is 14.8. The van der Waals surface area contributed by atoms with Crippen LogP contribution in [0.4, 0.5) is 0 Å². The number of rotatable bonds is 3. The number of amides is 1. The summed E-state index contributed by atoms with van der Waals surface area (Å²) < 4.78 is 5.14. The predicted molar refractivity (Wildman–Crippen MR) is 83.1 cm³/mol. The molecule has 0 aliphatic carbocycles. The van der Waals surface area contributed by atoms with Gasteiger partial charge in [-0.15, -0.1) is 0 Å². The summed E-state index contributed by atoms with van der Waals surface area (Å²) in [5.74, 6) is 0.841. The number of piperazine rings is 1. The molecular weight excluding hydrogens is 282 g/mol. The van der Waals surface area contributed by atoms with Gasteiger partial charge < -0.3 is 19.4 Å². The van der Waals surface area contributed by atoms with E-state index in [9.17, 15) is 4.79 Å². The molecule has 0 aromatic heterocycles. The number of methoxy groups -OCH3 is 1. The Morgan fingerprint density at radius 1 is 1.23 bits per heavy atom. The van der Waals surface area contributed by atoms with Gasteiger partial charge in [0.05, 0.1) is 12.8 Å². The van der Waals surface area contributed by atoms with E-state index in [2.05, 4.69) is 17.1 Å².